The van der Waals surface area contributed by atoms with E-state index in [2.05, 4.69) is 45.2 Å². The van der Waals surface area contributed by atoms with Crippen molar-refractivity contribution in [3.8, 4) is 5.69 Å². The lowest BCUT2D eigenvalue weighted by Gasteiger charge is -2.35. The number of likely N-dealkylation sites (N-methyl/N-ethyl adjacent to an activating group) is 1. The van der Waals surface area contributed by atoms with Crippen LogP contribution in [0.15, 0.2) is 48.5 Å². The van der Waals surface area contributed by atoms with Crippen LogP contribution in [0.5, 0.6) is 0 Å². The molecule has 1 aliphatic carbocycles. The molecule has 160 valence electrons. The van der Waals surface area contributed by atoms with E-state index in [1.807, 2.05) is 47.1 Å². The predicted molar refractivity (Wildman–Crippen MR) is 122 cm³/mol. The molecular weight excluding hydrogens is 388 g/mol. The molecule has 0 unspecified atom stereocenters. The first kappa shape index (κ1) is 19.8. The van der Waals surface area contributed by atoms with Crippen molar-refractivity contribution in [3.05, 3.63) is 65.7 Å². The highest BCUT2D eigenvalue weighted by atomic mass is 16.2. The van der Waals surface area contributed by atoms with Gasteiger partial charge >= 0.3 is 0 Å². The van der Waals surface area contributed by atoms with Crippen LogP contribution in [0.2, 0.25) is 0 Å². The Morgan fingerprint density at radius 3 is 2.45 bits per heavy atom. The van der Waals surface area contributed by atoms with Gasteiger partial charge in [-0.3, -0.25) is 4.79 Å². The fourth-order valence-corrected chi connectivity index (χ4v) is 4.11. The molecule has 1 aromatic heterocycles. The van der Waals surface area contributed by atoms with Gasteiger partial charge in [-0.15, -0.1) is 5.10 Å². The number of nitrogens with zero attached hydrogens (tertiary/aromatic N) is 5. The van der Waals surface area contributed by atoms with E-state index < -0.39 is 0 Å². The number of rotatable bonds is 5. The number of hydrogen-bond acceptors (Lipinski definition) is 5. The van der Waals surface area contributed by atoms with Gasteiger partial charge in [0.1, 0.15) is 5.82 Å². The topological polar surface area (TPSA) is 66.3 Å². The summed E-state index contributed by atoms with van der Waals surface area (Å²) in [7, 11) is 2.16. The Morgan fingerprint density at radius 1 is 1.03 bits per heavy atom. The van der Waals surface area contributed by atoms with Crippen LogP contribution in [0.4, 0.5) is 11.4 Å². The largest absolute Gasteiger partial charge is 0.369 e. The third-order valence-corrected chi connectivity index (χ3v) is 6.08. The van der Waals surface area contributed by atoms with Gasteiger partial charge in [0.2, 0.25) is 5.82 Å². The Morgan fingerprint density at radius 2 is 1.77 bits per heavy atom. The number of hydrogen-bond donors (Lipinski definition) is 1. The number of carbonyl (C=O) groups is 1. The summed E-state index contributed by atoms with van der Waals surface area (Å²) in [4.78, 5) is 22.3. The number of aromatic nitrogens is 3. The second-order valence-electron chi connectivity index (χ2n) is 8.56. The van der Waals surface area contributed by atoms with Crippen LogP contribution in [0.3, 0.4) is 0 Å². The second kappa shape index (κ2) is 8.15. The summed E-state index contributed by atoms with van der Waals surface area (Å²) in [5, 5.41) is 7.52. The lowest BCUT2D eigenvalue weighted by atomic mass is 10.1. The van der Waals surface area contributed by atoms with Crippen LogP contribution in [0.25, 0.3) is 5.69 Å². The van der Waals surface area contributed by atoms with E-state index in [-0.39, 0.29) is 11.7 Å². The zero-order valence-corrected chi connectivity index (χ0v) is 18.1. The summed E-state index contributed by atoms with van der Waals surface area (Å²) < 4.78 is 1.81. The van der Waals surface area contributed by atoms with Gasteiger partial charge in [0.05, 0.1) is 5.69 Å². The number of amides is 1. The molecular formula is C24H28N6O. The highest BCUT2D eigenvalue weighted by Gasteiger charge is 2.31. The van der Waals surface area contributed by atoms with Gasteiger partial charge < -0.3 is 15.1 Å². The molecule has 2 fully saturated rings. The zero-order valence-electron chi connectivity index (χ0n) is 18.1. The standard InChI is InChI=1S/C24H28N6O/c1-17-16-19(10-11-21(17)29-14-12-28(2)13-15-29)25-24(31)22-26-23(18-8-9-18)30(27-22)20-6-4-3-5-7-20/h3-7,10-11,16,18H,8-9,12-15H2,1-2H3,(H,25,31). The van der Waals surface area contributed by atoms with E-state index >= 15 is 0 Å². The fourth-order valence-electron chi connectivity index (χ4n) is 4.11. The zero-order chi connectivity index (χ0) is 21.4. The molecule has 7 heteroatoms. The first-order chi connectivity index (χ1) is 15.1. The molecule has 2 aliphatic rings. The molecule has 7 nitrogen and oxygen atoms in total. The van der Waals surface area contributed by atoms with Crippen molar-refractivity contribution in [2.75, 3.05) is 43.4 Å². The second-order valence-corrected chi connectivity index (χ2v) is 8.56. The van der Waals surface area contributed by atoms with Gasteiger partial charge in [0.25, 0.3) is 5.91 Å². The van der Waals surface area contributed by atoms with Crippen LogP contribution >= 0.6 is 0 Å². The molecule has 31 heavy (non-hydrogen) atoms. The molecule has 1 aliphatic heterocycles. The van der Waals surface area contributed by atoms with E-state index in [0.717, 1.165) is 61.8 Å². The Balaban J connectivity index is 1.34. The van der Waals surface area contributed by atoms with Gasteiger partial charge in [-0.25, -0.2) is 9.67 Å². The molecule has 3 aromatic rings. The lowest BCUT2D eigenvalue weighted by Crippen LogP contribution is -2.44. The van der Waals surface area contributed by atoms with Crippen LogP contribution in [0.1, 0.15) is 40.8 Å². The third kappa shape index (κ3) is 4.18. The minimum atomic E-state index is -0.275. The fraction of sp³-hybridized carbons (Fsp3) is 0.375. The van der Waals surface area contributed by atoms with Crippen LogP contribution in [-0.2, 0) is 0 Å². The molecule has 1 saturated heterocycles. The van der Waals surface area contributed by atoms with Crippen LogP contribution in [-0.4, -0.2) is 58.8 Å². The summed E-state index contributed by atoms with van der Waals surface area (Å²) in [6, 6.07) is 16.0. The van der Waals surface area contributed by atoms with Crippen molar-refractivity contribution in [1.82, 2.24) is 19.7 Å². The molecule has 0 atom stereocenters. The molecule has 0 radical (unpaired) electrons. The van der Waals surface area contributed by atoms with E-state index in [4.69, 9.17) is 0 Å². The number of nitrogens with one attached hydrogen (secondary N) is 1. The summed E-state index contributed by atoms with van der Waals surface area (Å²) in [6.07, 6.45) is 2.19. The minimum Gasteiger partial charge on any atom is -0.369 e. The number of piperazine rings is 1. The summed E-state index contributed by atoms with van der Waals surface area (Å²) in [6.45, 7) is 6.27. The number of carbonyl (C=O) groups excluding carboxylic acids is 1. The summed E-state index contributed by atoms with van der Waals surface area (Å²) >= 11 is 0. The molecule has 5 rings (SSSR count). The quantitative estimate of drug-likeness (QED) is 0.690. The van der Waals surface area contributed by atoms with Gasteiger partial charge in [0.15, 0.2) is 0 Å². The predicted octanol–water partition coefficient (Wildman–Crippen LogP) is 3.46. The normalized spacial score (nSPS) is 17.0. The van der Waals surface area contributed by atoms with Crippen LogP contribution < -0.4 is 10.2 Å². The molecule has 2 heterocycles. The van der Waals surface area contributed by atoms with E-state index in [1.165, 1.54) is 5.69 Å². The molecule has 1 amide bonds. The number of aryl methyl sites for hydroxylation is 1. The van der Waals surface area contributed by atoms with E-state index in [9.17, 15) is 4.79 Å². The summed E-state index contributed by atoms with van der Waals surface area (Å²) in [5.41, 5.74) is 4.09. The monoisotopic (exact) mass is 416 g/mol. The maximum atomic E-state index is 12.9. The Hall–Kier alpha value is -3.19. The Bertz CT molecular complexity index is 1080. The SMILES string of the molecule is Cc1cc(NC(=O)c2nc(C3CC3)n(-c3ccccc3)n2)ccc1N1CCN(C)CC1. The lowest BCUT2D eigenvalue weighted by molar-refractivity contribution is 0.101. The highest BCUT2D eigenvalue weighted by molar-refractivity contribution is 6.01. The van der Waals surface area contributed by atoms with E-state index in [1.54, 1.807) is 0 Å². The maximum Gasteiger partial charge on any atom is 0.295 e. The molecule has 1 N–H and O–H groups in total. The van der Waals surface area contributed by atoms with Crippen LogP contribution in [0, 0.1) is 6.92 Å². The van der Waals surface area contributed by atoms with Gasteiger partial charge in [-0.2, -0.15) is 0 Å². The molecule has 0 bridgehead atoms. The first-order valence-corrected chi connectivity index (χ1v) is 11.0. The van der Waals surface area contributed by atoms with Gasteiger partial charge in [0, 0.05) is 43.5 Å². The smallest absolute Gasteiger partial charge is 0.295 e. The number of anilines is 2. The molecule has 0 spiro atoms. The highest BCUT2D eigenvalue weighted by Crippen LogP contribution is 2.39. The van der Waals surface area contributed by atoms with Crippen molar-refractivity contribution >= 4 is 17.3 Å². The Labute approximate surface area is 182 Å². The van der Waals surface area contributed by atoms with Crippen molar-refractivity contribution in [3.63, 3.8) is 0 Å². The third-order valence-electron chi connectivity index (χ3n) is 6.08. The first-order valence-electron chi connectivity index (χ1n) is 11.0. The van der Waals surface area contributed by atoms with Crippen molar-refractivity contribution in [2.24, 2.45) is 0 Å². The van der Waals surface area contributed by atoms with Crippen molar-refractivity contribution in [1.29, 1.82) is 0 Å². The molecule has 2 aromatic carbocycles. The average Bonchev–Trinajstić information content (AvgIpc) is 3.53. The maximum absolute atomic E-state index is 12.9. The average molecular weight is 417 g/mol. The minimum absolute atomic E-state index is 0.214. The number of para-hydroxylation sites is 1. The van der Waals surface area contributed by atoms with E-state index in [0.29, 0.717) is 5.92 Å². The molecule has 1 saturated carbocycles. The van der Waals surface area contributed by atoms with Crippen molar-refractivity contribution in [2.45, 2.75) is 25.7 Å². The Kier molecular flexibility index (Phi) is 5.19. The van der Waals surface area contributed by atoms with Crippen molar-refractivity contribution < 1.29 is 4.79 Å². The number of benzene rings is 2. The summed E-state index contributed by atoms with van der Waals surface area (Å²) in [5.74, 6) is 1.20. The van der Waals surface area contributed by atoms with Gasteiger partial charge in [-0.1, -0.05) is 18.2 Å². The van der Waals surface area contributed by atoms with Gasteiger partial charge in [-0.05, 0) is 62.7 Å².